The SMILES string of the molecule is NC(=O)c1ccccc1NCC1CCCC1C(=O)O. The third-order valence-corrected chi connectivity index (χ3v) is 3.72. The number of carbonyl (C=O) groups excluding carboxylic acids is 1. The Morgan fingerprint density at radius 2 is 2.05 bits per heavy atom. The zero-order valence-electron chi connectivity index (χ0n) is 10.6. The average Bonchev–Trinajstić information content (AvgIpc) is 2.85. The van der Waals surface area contributed by atoms with Crippen LogP contribution in [0.1, 0.15) is 29.6 Å². The van der Waals surface area contributed by atoms with Gasteiger partial charge in [0.15, 0.2) is 0 Å². The Hall–Kier alpha value is -2.04. The quantitative estimate of drug-likeness (QED) is 0.753. The molecule has 0 radical (unpaired) electrons. The molecule has 1 aliphatic carbocycles. The van der Waals surface area contributed by atoms with Crippen LogP contribution in [0.5, 0.6) is 0 Å². The fourth-order valence-electron chi connectivity index (χ4n) is 2.70. The van der Waals surface area contributed by atoms with Crippen molar-refractivity contribution < 1.29 is 14.7 Å². The number of hydrogen-bond acceptors (Lipinski definition) is 3. The number of rotatable bonds is 5. The van der Waals surface area contributed by atoms with Gasteiger partial charge in [0.25, 0.3) is 5.91 Å². The first kappa shape index (κ1) is 13.4. The van der Waals surface area contributed by atoms with Gasteiger partial charge in [-0.1, -0.05) is 18.6 Å². The van der Waals surface area contributed by atoms with E-state index in [0.29, 0.717) is 17.8 Å². The molecule has 0 aromatic heterocycles. The molecule has 0 saturated heterocycles. The number of carboxylic acids is 1. The summed E-state index contributed by atoms with van der Waals surface area (Å²) in [5.74, 6) is -1.39. The predicted molar refractivity (Wildman–Crippen MR) is 71.9 cm³/mol. The molecule has 1 fully saturated rings. The van der Waals surface area contributed by atoms with Gasteiger partial charge in [-0.2, -0.15) is 0 Å². The number of carboxylic acid groups (broad SMARTS) is 1. The van der Waals surface area contributed by atoms with Gasteiger partial charge in [-0.15, -0.1) is 0 Å². The standard InChI is InChI=1S/C14H18N2O3/c15-13(17)11-5-1-2-7-12(11)16-8-9-4-3-6-10(9)14(18)19/h1-2,5,7,9-10,16H,3-4,6,8H2,(H2,15,17)(H,18,19). The summed E-state index contributed by atoms with van der Waals surface area (Å²) in [4.78, 5) is 22.4. The van der Waals surface area contributed by atoms with E-state index >= 15 is 0 Å². The van der Waals surface area contributed by atoms with Gasteiger partial charge in [0, 0.05) is 12.2 Å². The number of carbonyl (C=O) groups is 2. The van der Waals surface area contributed by atoms with Crippen molar-refractivity contribution in [3.8, 4) is 0 Å². The second kappa shape index (κ2) is 5.73. The fraction of sp³-hybridized carbons (Fsp3) is 0.429. The molecule has 19 heavy (non-hydrogen) atoms. The monoisotopic (exact) mass is 262 g/mol. The average molecular weight is 262 g/mol. The molecule has 2 atom stereocenters. The van der Waals surface area contributed by atoms with Crippen molar-refractivity contribution in [3.63, 3.8) is 0 Å². The van der Waals surface area contributed by atoms with Gasteiger partial charge < -0.3 is 16.2 Å². The van der Waals surface area contributed by atoms with Crippen LogP contribution in [0.25, 0.3) is 0 Å². The molecule has 0 heterocycles. The minimum atomic E-state index is -0.729. The fourth-order valence-corrected chi connectivity index (χ4v) is 2.70. The Kier molecular flexibility index (Phi) is 4.04. The highest BCUT2D eigenvalue weighted by atomic mass is 16.4. The van der Waals surface area contributed by atoms with Crippen LogP contribution in [0.3, 0.4) is 0 Å². The Morgan fingerprint density at radius 3 is 2.74 bits per heavy atom. The number of nitrogens with one attached hydrogen (secondary N) is 1. The summed E-state index contributed by atoms with van der Waals surface area (Å²) < 4.78 is 0. The van der Waals surface area contributed by atoms with E-state index in [9.17, 15) is 9.59 Å². The van der Waals surface area contributed by atoms with Gasteiger partial charge >= 0.3 is 5.97 Å². The molecule has 4 N–H and O–H groups in total. The van der Waals surface area contributed by atoms with Crippen molar-refractivity contribution in [2.45, 2.75) is 19.3 Å². The molecule has 102 valence electrons. The minimum Gasteiger partial charge on any atom is -0.481 e. The van der Waals surface area contributed by atoms with E-state index < -0.39 is 11.9 Å². The summed E-state index contributed by atoms with van der Waals surface area (Å²) in [7, 11) is 0. The number of benzene rings is 1. The van der Waals surface area contributed by atoms with Crippen LogP contribution in [0, 0.1) is 11.8 Å². The molecule has 5 nitrogen and oxygen atoms in total. The molecule has 2 rings (SSSR count). The summed E-state index contributed by atoms with van der Waals surface area (Å²) in [5.41, 5.74) is 6.41. The zero-order valence-corrected chi connectivity index (χ0v) is 10.6. The highest BCUT2D eigenvalue weighted by molar-refractivity contribution is 5.98. The molecule has 0 bridgehead atoms. The molecule has 2 unspecified atom stereocenters. The largest absolute Gasteiger partial charge is 0.481 e. The van der Waals surface area contributed by atoms with Gasteiger partial charge in [0.05, 0.1) is 11.5 Å². The van der Waals surface area contributed by atoms with E-state index in [1.165, 1.54) is 0 Å². The van der Waals surface area contributed by atoms with E-state index in [1.54, 1.807) is 18.2 Å². The van der Waals surface area contributed by atoms with Gasteiger partial charge in [-0.3, -0.25) is 9.59 Å². The lowest BCUT2D eigenvalue weighted by atomic mass is 9.96. The maximum absolute atomic E-state index is 11.3. The third kappa shape index (κ3) is 3.05. The summed E-state index contributed by atoms with van der Waals surface area (Å²) in [6, 6.07) is 7.01. The van der Waals surface area contributed by atoms with Gasteiger partial charge in [0.2, 0.25) is 0 Å². The highest BCUT2D eigenvalue weighted by Crippen LogP contribution is 2.32. The summed E-state index contributed by atoms with van der Waals surface area (Å²) in [6.45, 7) is 0.557. The first-order valence-electron chi connectivity index (χ1n) is 6.45. The molecule has 1 amide bonds. The lowest BCUT2D eigenvalue weighted by Gasteiger charge is -2.18. The van der Waals surface area contributed by atoms with Crippen LogP contribution in [0.15, 0.2) is 24.3 Å². The van der Waals surface area contributed by atoms with Crippen LogP contribution < -0.4 is 11.1 Å². The molecular weight excluding hydrogens is 244 g/mol. The maximum Gasteiger partial charge on any atom is 0.306 e. The van der Waals surface area contributed by atoms with Crippen molar-refractivity contribution in [2.75, 3.05) is 11.9 Å². The van der Waals surface area contributed by atoms with E-state index in [2.05, 4.69) is 5.32 Å². The Bertz CT molecular complexity index is 487. The van der Waals surface area contributed by atoms with Crippen molar-refractivity contribution >= 4 is 17.6 Å². The van der Waals surface area contributed by atoms with Crippen molar-refractivity contribution in [2.24, 2.45) is 17.6 Å². The Morgan fingerprint density at radius 1 is 1.32 bits per heavy atom. The Labute approximate surface area is 111 Å². The number of hydrogen-bond donors (Lipinski definition) is 3. The van der Waals surface area contributed by atoms with Gasteiger partial charge in [-0.05, 0) is 30.9 Å². The molecule has 1 aliphatic rings. The number of para-hydroxylation sites is 1. The lowest BCUT2D eigenvalue weighted by molar-refractivity contribution is -0.142. The summed E-state index contributed by atoms with van der Waals surface area (Å²) in [6.07, 6.45) is 2.59. The normalized spacial score (nSPS) is 22.1. The summed E-state index contributed by atoms with van der Waals surface area (Å²) in [5, 5.41) is 12.3. The predicted octanol–water partition coefficient (Wildman–Crippen LogP) is 1.70. The number of aliphatic carboxylic acids is 1. The van der Waals surface area contributed by atoms with E-state index in [-0.39, 0.29) is 11.8 Å². The molecular formula is C14H18N2O3. The molecule has 0 aliphatic heterocycles. The van der Waals surface area contributed by atoms with Crippen LogP contribution in [0.2, 0.25) is 0 Å². The van der Waals surface area contributed by atoms with Crippen LogP contribution in [-0.4, -0.2) is 23.5 Å². The van der Waals surface area contributed by atoms with Gasteiger partial charge in [-0.25, -0.2) is 0 Å². The van der Waals surface area contributed by atoms with E-state index in [4.69, 9.17) is 10.8 Å². The molecule has 1 saturated carbocycles. The first-order chi connectivity index (χ1) is 9.09. The van der Waals surface area contributed by atoms with E-state index in [1.807, 2.05) is 6.07 Å². The maximum atomic E-state index is 11.3. The molecule has 1 aromatic carbocycles. The first-order valence-corrected chi connectivity index (χ1v) is 6.45. The van der Waals surface area contributed by atoms with Crippen molar-refractivity contribution in [1.29, 1.82) is 0 Å². The highest BCUT2D eigenvalue weighted by Gasteiger charge is 2.32. The number of amides is 1. The number of nitrogens with two attached hydrogens (primary N) is 1. The van der Waals surface area contributed by atoms with Crippen molar-refractivity contribution in [1.82, 2.24) is 0 Å². The topological polar surface area (TPSA) is 92.4 Å². The summed E-state index contributed by atoms with van der Waals surface area (Å²) >= 11 is 0. The number of primary amides is 1. The van der Waals surface area contributed by atoms with E-state index in [0.717, 1.165) is 19.3 Å². The number of anilines is 1. The van der Waals surface area contributed by atoms with Crippen LogP contribution in [-0.2, 0) is 4.79 Å². The second-order valence-corrected chi connectivity index (χ2v) is 4.93. The minimum absolute atomic E-state index is 0.110. The molecule has 1 aromatic rings. The Balaban J connectivity index is 2.03. The molecule has 5 heteroatoms. The van der Waals surface area contributed by atoms with Crippen LogP contribution in [0.4, 0.5) is 5.69 Å². The van der Waals surface area contributed by atoms with Gasteiger partial charge in [0.1, 0.15) is 0 Å². The second-order valence-electron chi connectivity index (χ2n) is 4.93. The lowest BCUT2D eigenvalue weighted by Crippen LogP contribution is -2.25. The van der Waals surface area contributed by atoms with Crippen LogP contribution >= 0.6 is 0 Å². The molecule has 0 spiro atoms. The zero-order chi connectivity index (χ0) is 13.8. The smallest absolute Gasteiger partial charge is 0.306 e. The van der Waals surface area contributed by atoms with Crippen molar-refractivity contribution in [3.05, 3.63) is 29.8 Å². The third-order valence-electron chi connectivity index (χ3n) is 3.72.